The van der Waals surface area contributed by atoms with E-state index < -0.39 is 0 Å². The Morgan fingerprint density at radius 1 is 0.690 bits per heavy atom. The Labute approximate surface area is 252 Å². The van der Waals surface area contributed by atoms with E-state index in [-0.39, 0.29) is 31.4 Å². The molecule has 224 valence electrons. The second-order valence-corrected chi connectivity index (χ2v) is 10.3. The third-order valence-electron chi connectivity index (χ3n) is 7.21. The van der Waals surface area contributed by atoms with Crippen molar-refractivity contribution < 1.29 is 24.2 Å². The molecule has 0 saturated heterocycles. The average Bonchev–Trinajstić information content (AvgIpc) is 3.41. The van der Waals surface area contributed by atoms with Crippen LogP contribution in [0.3, 0.4) is 0 Å². The van der Waals surface area contributed by atoms with Crippen LogP contribution >= 0.6 is 11.6 Å². The fourth-order valence-electron chi connectivity index (χ4n) is 4.55. The molecular weight excluding hydrogens is 556 g/mol. The summed E-state index contributed by atoms with van der Waals surface area (Å²) in [7, 11) is 2.79. The molecule has 10 heteroatoms. The summed E-state index contributed by atoms with van der Waals surface area (Å²) in [6.45, 7) is 9.11. The number of carbonyl (C=O) groups is 2. The number of hydrogen-bond donors (Lipinski definition) is 1. The van der Waals surface area contributed by atoms with Gasteiger partial charge in [-0.15, -0.1) is 11.6 Å². The van der Waals surface area contributed by atoms with E-state index in [9.17, 15) is 9.59 Å². The van der Waals surface area contributed by atoms with Crippen LogP contribution in [0.1, 0.15) is 56.2 Å². The number of hydrogen-bond acceptors (Lipinski definition) is 7. The van der Waals surface area contributed by atoms with Crippen LogP contribution in [0.25, 0.3) is 0 Å². The molecule has 0 radical (unpaired) electrons. The number of carbonyl (C=O) groups excluding carboxylic acids is 2. The third-order valence-corrected chi connectivity index (χ3v) is 7.52. The molecule has 1 N–H and O–H groups in total. The van der Waals surface area contributed by atoms with Crippen LogP contribution < -0.4 is 0 Å². The molecule has 0 saturated carbocycles. The number of rotatable bonds is 10. The molecule has 4 rings (SSSR count). The lowest BCUT2D eigenvalue weighted by atomic mass is 10.1. The van der Waals surface area contributed by atoms with Crippen LogP contribution in [-0.2, 0) is 57.5 Å². The summed E-state index contributed by atoms with van der Waals surface area (Å²) >= 11 is 5.79. The molecule has 2 heterocycles. The molecule has 0 unspecified atom stereocenters. The molecule has 42 heavy (non-hydrogen) atoms. The van der Waals surface area contributed by atoms with Gasteiger partial charge in [-0.25, -0.2) is 0 Å². The Bertz CT molecular complexity index is 1380. The maximum Gasteiger partial charge on any atom is 0.310 e. The maximum absolute atomic E-state index is 11.5. The van der Waals surface area contributed by atoms with Crippen molar-refractivity contribution in [3.63, 3.8) is 0 Å². The van der Waals surface area contributed by atoms with E-state index in [2.05, 4.69) is 10.2 Å². The van der Waals surface area contributed by atoms with Gasteiger partial charge < -0.3 is 14.6 Å². The van der Waals surface area contributed by atoms with E-state index in [1.165, 1.54) is 14.2 Å². The van der Waals surface area contributed by atoms with E-state index in [0.29, 0.717) is 19.0 Å². The van der Waals surface area contributed by atoms with Gasteiger partial charge >= 0.3 is 11.9 Å². The highest BCUT2D eigenvalue weighted by Gasteiger charge is 2.16. The van der Waals surface area contributed by atoms with Crippen molar-refractivity contribution in [2.24, 2.45) is 0 Å². The first-order valence-corrected chi connectivity index (χ1v) is 14.1. The second-order valence-electron chi connectivity index (χ2n) is 10.0. The Morgan fingerprint density at radius 2 is 1.05 bits per heavy atom. The number of halogens is 1. The van der Waals surface area contributed by atoms with Crippen molar-refractivity contribution in [3.8, 4) is 0 Å². The summed E-state index contributed by atoms with van der Waals surface area (Å²) in [6.07, 6.45) is 0.511. The largest absolute Gasteiger partial charge is 0.469 e. The first-order chi connectivity index (χ1) is 20.1. The third kappa shape index (κ3) is 8.53. The molecule has 2 aromatic heterocycles. The zero-order valence-electron chi connectivity index (χ0n) is 25.1. The average molecular weight is 595 g/mol. The van der Waals surface area contributed by atoms with Gasteiger partial charge in [0.15, 0.2) is 0 Å². The molecule has 4 aromatic rings. The van der Waals surface area contributed by atoms with Crippen LogP contribution in [0.2, 0.25) is 0 Å². The Hall–Kier alpha value is -3.95. The Kier molecular flexibility index (Phi) is 11.9. The van der Waals surface area contributed by atoms with Crippen molar-refractivity contribution in [1.29, 1.82) is 0 Å². The molecule has 0 bridgehead atoms. The molecule has 0 fully saturated rings. The second kappa shape index (κ2) is 15.3. The van der Waals surface area contributed by atoms with E-state index in [0.717, 1.165) is 56.2 Å². The summed E-state index contributed by atoms with van der Waals surface area (Å²) in [4.78, 5) is 22.9. The van der Waals surface area contributed by atoms with E-state index in [4.69, 9.17) is 26.2 Å². The smallest absolute Gasteiger partial charge is 0.310 e. The quantitative estimate of drug-likeness (QED) is 0.208. The van der Waals surface area contributed by atoms with Crippen LogP contribution in [0.15, 0.2) is 48.5 Å². The fraction of sp³-hybridized carbons (Fsp3) is 0.375. The lowest BCUT2D eigenvalue weighted by Crippen LogP contribution is -2.07. The topological polar surface area (TPSA) is 108 Å². The lowest BCUT2D eigenvalue weighted by Gasteiger charge is -2.06. The van der Waals surface area contributed by atoms with E-state index in [1.54, 1.807) is 0 Å². The minimum atomic E-state index is -0.256. The number of aliphatic hydroxyl groups excluding tert-OH is 1. The number of aromatic nitrogens is 4. The maximum atomic E-state index is 11.5. The van der Waals surface area contributed by atoms with Crippen molar-refractivity contribution in [1.82, 2.24) is 19.6 Å². The number of aliphatic hydroxyl groups is 1. The van der Waals surface area contributed by atoms with E-state index in [1.807, 2.05) is 85.6 Å². The number of benzene rings is 2. The number of ether oxygens (including phenoxy) is 2. The molecule has 0 atom stereocenters. The normalized spacial score (nSPS) is 10.7. The molecule has 0 aliphatic carbocycles. The summed E-state index contributed by atoms with van der Waals surface area (Å²) in [5.74, 6) is 0.0176. The Morgan fingerprint density at radius 3 is 1.38 bits per heavy atom. The molecule has 0 amide bonds. The number of esters is 2. The minimum absolute atomic E-state index is 0.0451. The SMILES string of the molecule is COC(=O)Cc1c(C)nn(Cc2ccc(CCl)cc2)c1C.COC(=O)Cc1c(C)nn(Cc2ccc(CO)cc2)c1C. The summed E-state index contributed by atoms with van der Waals surface area (Å²) in [6, 6.07) is 15.9. The molecule has 0 spiro atoms. The Balaban J connectivity index is 0.000000230. The standard InChI is InChI=1S/C16H19ClN2O2.C16H20N2O3/c1-11-15(8-16(20)21-3)12(2)19(18-11)10-14-6-4-13(9-17)5-7-14;1-11-15(8-16(20)21-3)12(2)18(17-11)9-13-4-6-14(10-19)7-5-13/h4-7H,8-10H2,1-3H3;4-7,19H,8-10H2,1-3H3. The highest BCUT2D eigenvalue weighted by atomic mass is 35.5. The van der Waals surface area contributed by atoms with Gasteiger partial charge in [0.25, 0.3) is 0 Å². The molecule has 0 aliphatic heterocycles. The van der Waals surface area contributed by atoms with Crippen LogP contribution in [0.4, 0.5) is 0 Å². The minimum Gasteiger partial charge on any atom is -0.469 e. The first kappa shape index (κ1) is 32.6. The summed E-state index contributed by atoms with van der Waals surface area (Å²) < 4.78 is 13.3. The van der Waals surface area contributed by atoms with Crippen LogP contribution in [-0.4, -0.2) is 50.8 Å². The zero-order valence-corrected chi connectivity index (χ0v) is 25.9. The summed E-state index contributed by atoms with van der Waals surface area (Å²) in [5.41, 5.74) is 9.80. The van der Waals surface area contributed by atoms with E-state index >= 15 is 0 Å². The number of methoxy groups -OCH3 is 2. The molecular formula is C32H39ClN4O5. The van der Waals surface area contributed by atoms with Gasteiger partial charge in [0, 0.05) is 28.4 Å². The number of nitrogens with zero attached hydrogens (tertiary/aromatic N) is 4. The monoisotopic (exact) mass is 594 g/mol. The number of alkyl halides is 1. The van der Waals surface area contributed by atoms with Crippen molar-refractivity contribution in [2.75, 3.05) is 14.2 Å². The zero-order chi connectivity index (χ0) is 30.8. The predicted octanol–water partition coefficient (Wildman–Crippen LogP) is 4.76. The van der Waals surface area contributed by atoms with Gasteiger partial charge in [0.05, 0.1) is 58.1 Å². The molecule has 2 aromatic carbocycles. The van der Waals surface area contributed by atoms with Gasteiger partial charge in [0.1, 0.15) is 0 Å². The fourth-order valence-corrected chi connectivity index (χ4v) is 4.73. The van der Waals surface area contributed by atoms with Gasteiger partial charge in [-0.1, -0.05) is 48.5 Å². The van der Waals surface area contributed by atoms with Crippen LogP contribution in [0.5, 0.6) is 0 Å². The number of aryl methyl sites for hydroxylation is 2. The lowest BCUT2D eigenvalue weighted by molar-refractivity contribution is -0.140. The van der Waals surface area contributed by atoms with Crippen LogP contribution in [0, 0.1) is 27.7 Å². The van der Waals surface area contributed by atoms with Gasteiger partial charge in [-0.05, 0) is 49.9 Å². The van der Waals surface area contributed by atoms with Gasteiger partial charge in [0.2, 0.25) is 0 Å². The van der Waals surface area contributed by atoms with Crippen molar-refractivity contribution in [3.05, 3.63) is 105 Å². The van der Waals surface area contributed by atoms with Gasteiger partial charge in [-0.2, -0.15) is 10.2 Å². The highest BCUT2D eigenvalue weighted by Crippen LogP contribution is 2.18. The predicted molar refractivity (Wildman–Crippen MR) is 161 cm³/mol. The summed E-state index contributed by atoms with van der Waals surface area (Å²) in [5, 5.41) is 18.1. The highest BCUT2D eigenvalue weighted by molar-refractivity contribution is 6.17. The molecule has 0 aliphatic rings. The van der Waals surface area contributed by atoms with Crippen molar-refractivity contribution >= 4 is 23.5 Å². The molecule has 9 nitrogen and oxygen atoms in total. The van der Waals surface area contributed by atoms with Gasteiger partial charge in [-0.3, -0.25) is 19.0 Å². The van der Waals surface area contributed by atoms with Crippen molar-refractivity contribution in [2.45, 2.75) is 66.1 Å². The first-order valence-electron chi connectivity index (χ1n) is 13.6.